The first-order valence-electron chi connectivity index (χ1n) is 2.96. The van der Waals surface area contributed by atoms with Crippen LogP contribution >= 0.6 is 0 Å². The first-order valence-corrected chi connectivity index (χ1v) is 2.96. The van der Waals surface area contributed by atoms with E-state index >= 15 is 0 Å². The Labute approximate surface area is 63.4 Å². The zero-order chi connectivity index (χ0) is 8.27. The third-order valence-electron chi connectivity index (χ3n) is 1.20. The molecule has 1 heterocycles. The maximum Gasteiger partial charge on any atom is 0.178 e. The molecule has 0 fully saturated rings. The molecule has 4 heteroatoms. The Balaban J connectivity index is 3.03. The van der Waals surface area contributed by atoms with E-state index in [0.717, 1.165) is 0 Å². The smallest absolute Gasteiger partial charge is 0.178 e. The molecule has 0 aliphatic heterocycles. The molecule has 1 aromatic heterocycles. The number of aliphatic hydroxyl groups is 2. The van der Waals surface area contributed by atoms with Crippen molar-refractivity contribution in [2.45, 2.75) is 6.29 Å². The summed E-state index contributed by atoms with van der Waals surface area (Å²) in [5.41, 5.74) is 0.451. The highest BCUT2D eigenvalue weighted by Gasteiger charge is 2.02. The van der Waals surface area contributed by atoms with Crippen molar-refractivity contribution < 1.29 is 10.2 Å². The summed E-state index contributed by atoms with van der Waals surface area (Å²) in [6.07, 6.45) is -0.182. The quantitative estimate of drug-likeness (QED) is 0.549. The van der Waals surface area contributed by atoms with Gasteiger partial charge in [-0.3, -0.25) is 0 Å². The van der Waals surface area contributed by atoms with Crippen LogP contribution in [0.2, 0.25) is 0 Å². The van der Waals surface area contributed by atoms with Crippen LogP contribution in [0.15, 0.2) is 18.3 Å². The molecule has 0 radical (unpaired) electrons. The van der Waals surface area contributed by atoms with Gasteiger partial charge >= 0.3 is 0 Å². The maximum absolute atomic E-state index is 8.66. The molecule has 2 N–H and O–H groups in total. The fraction of sp³-hybridized carbons (Fsp3) is 0.143. The third-order valence-corrected chi connectivity index (χ3v) is 1.20. The third kappa shape index (κ3) is 1.74. The van der Waals surface area contributed by atoms with Crippen molar-refractivity contribution in [3.63, 3.8) is 0 Å². The summed E-state index contributed by atoms with van der Waals surface area (Å²) in [4.78, 5) is 3.66. The summed E-state index contributed by atoms with van der Waals surface area (Å²) >= 11 is 0. The first-order chi connectivity index (χ1) is 5.24. The zero-order valence-corrected chi connectivity index (χ0v) is 5.60. The van der Waals surface area contributed by atoms with E-state index in [1.54, 1.807) is 6.07 Å². The van der Waals surface area contributed by atoms with Gasteiger partial charge in [0.25, 0.3) is 0 Å². The van der Waals surface area contributed by atoms with E-state index < -0.39 is 6.29 Å². The van der Waals surface area contributed by atoms with Crippen molar-refractivity contribution in [2.24, 2.45) is 0 Å². The Morgan fingerprint density at radius 2 is 2.27 bits per heavy atom. The highest BCUT2D eigenvalue weighted by Crippen LogP contribution is 2.08. The SMILES string of the molecule is N#Cc1cc(C(O)O)ccn1. The molecule has 0 unspecified atom stereocenters. The van der Waals surface area contributed by atoms with Crippen LogP contribution in [0.3, 0.4) is 0 Å². The second-order valence-corrected chi connectivity index (χ2v) is 1.96. The van der Waals surface area contributed by atoms with Crippen molar-refractivity contribution >= 4 is 0 Å². The molecule has 0 saturated heterocycles. The van der Waals surface area contributed by atoms with Crippen LogP contribution in [0.5, 0.6) is 0 Å². The Morgan fingerprint density at radius 3 is 2.82 bits per heavy atom. The van der Waals surface area contributed by atoms with Gasteiger partial charge in [0.2, 0.25) is 0 Å². The predicted molar refractivity (Wildman–Crippen MR) is 36.1 cm³/mol. The van der Waals surface area contributed by atoms with Crippen molar-refractivity contribution in [3.05, 3.63) is 29.6 Å². The lowest BCUT2D eigenvalue weighted by atomic mass is 10.2. The van der Waals surface area contributed by atoms with E-state index in [-0.39, 0.29) is 11.3 Å². The Hall–Kier alpha value is -1.44. The topological polar surface area (TPSA) is 77.1 Å². The fourth-order valence-corrected chi connectivity index (χ4v) is 0.669. The summed E-state index contributed by atoms with van der Waals surface area (Å²) in [6, 6.07) is 4.55. The normalized spacial score (nSPS) is 9.64. The number of nitrogens with zero attached hydrogens (tertiary/aromatic N) is 2. The first kappa shape index (κ1) is 7.66. The van der Waals surface area contributed by atoms with Gasteiger partial charge < -0.3 is 10.2 Å². The molecule has 0 aliphatic carbocycles. The Bertz CT molecular complexity index is 291. The molecular formula is C7H6N2O2. The van der Waals surface area contributed by atoms with E-state index in [9.17, 15) is 0 Å². The van der Waals surface area contributed by atoms with Crippen LogP contribution in [-0.2, 0) is 0 Å². The minimum absolute atomic E-state index is 0.176. The van der Waals surface area contributed by atoms with Crippen LogP contribution in [0.1, 0.15) is 17.5 Å². The van der Waals surface area contributed by atoms with Gasteiger partial charge in [-0.25, -0.2) is 4.98 Å². The lowest BCUT2D eigenvalue weighted by Crippen LogP contribution is -1.95. The largest absolute Gasteiger partial charge is 0.364 e. The van der Waals surface area contributed by atoms with Crippen LogP contribution in [0.25, 0.3) is 0 Å². The zero-order valence-electron chi connectivity index (χ0n) is 5.60. The van der Waals surface area contributed by atoms with Gasteiger partial charge in [0, 0.05) is 11.8 Å². The maximum atomic E-state index is 8.66. The average Bonchev–Trinajstić information content (AvgIpc) is 2.05. The van der Waals surface area contributed by atoms with Gasteiger partial charge in [-0.1, -0.05) is 0 Å². The number of hydrogen-bond donors (Lipinski definition) is 2. The Morgan fingerprint density at radius 1 is 1.55 bits per heavy atom. The number of aliphatic hydroxyl groups excluding tert-OH is 1. The van der Waals surface area contributed by atoms with E-state index in [2.05, 4.69) is 4.98 Å². The van der Waals surface area contributed by atoms with Crippen molar-refractivity contribution in [1.29, 1.82) is 5.26 Å². The highest BCUT2D eigenvalue weighted by molar-refractivity contribution is 5.25. The van der Waals surface area contributed by atoms with Crippen LogP contribution in [-0.4, -0.2) is 15.2 Å². The molecule has 0 aromatic carbocycles. The minimum atomic E-state index is -1.54. The molecule has 56 valence electrons. The van der Waals surface area contributed by atoms with Crippen LogP contribution < -0.4 is 0 Å². The number of nitriles is 1. The van der Waals surface area contributed by atoms with E-state index in [1.165, 1.54) is 18.3 Å². The standard InChI is InChI=1S/C7H6N2O2/c8-4-6-3-5(7(10)11)1-2-9-6/h1-3,7,10-11H. The predicted octanol–water partition coefficient (Wildman–Crippen LogP) is -0.0635. The molecule has 0 amide bonds. The summed E-state index contributed by atoms with van der Waals surface area (Å²) in [6.45, 7) is 0. The van der Waals surface area contributed by atoms with E-state index in [0.29, 0.717) is 0 Å². The van der Waals surface area contributed by atoms with Gasteiger partial charge in [0.1, 0.15) is 11.8 Å². The summed E-state index contributed by atoms with van der Waals surface area (Å²) in [5, 5.41) is 25.7. The number of hydrogen-bond acceptors (Lipinski definition) is 4. The molecule has 0 bridgehead atoms. The van der Waals surface area contributed by atoms with Crippen LogP contribution in [0.4, 0.5) is 0 Å². The fourth-order valence-electron chi connectivity index (χ4n) is 0.669. The van der Waals surface area contributed by atoms with E-state index in [1.807, 2.05) is 0 Å². The molecule has 11 heavy (non-hydrogen) atoms. The van der Waals surface area contributed by atoms with E-state index in [4.69, 9.17) is 15.5 Å². The van der Waals surface area contributed by atoms with Gasteiger partial charge in [0.15, 0.2) is 6.29 Å². The summed E-state index contributed by atoms with van der Waals surface area (Å²) < 4.78 is 0. The molecule has 0 aliphatic rings. The van der Waals surface area contributed by atoms with Gasteiger partial charge in [-0.15, -0.1) is 0 Å². The average molecular weight is 150 g/mol. The second kappa shape index (κ2) is 3.10. The molecule has 1 rings (SSSR count). The molecule has 1 aromatic rings. The van der Waals surface area contributed by atoms with Crippen LogP contribution in [0, 0.1) is 11.3 Å². The number of aromatic nitrogens is 1. The minimum Gasteiger partial charge on any atom is -0.364 e. The molecule has 0 spiro atoms. The van der Waals surface area contributed by atoms with Gasteiger partial charge in [-0.2, -0.15) is 5.26 Å². The molecule has 0 atom stereocenters. The lowest BCUT2D eigenvalue weighted by Gasteiger charge is -2.01. The summed E-state index contributed by atoms with van der Waals surface area (Å²) in [7, 11) is 0. The van der Waals surface area contributed by atoms with Gasteiger partial charge in [-0.05, 0) is 12.1 Å². The van der Waals surface area contributed by atoms with Gasteiger partial charge in [0.05, 0.1) is 0 Å². The molecular weight excluding hydrogens is 144 g/mol. The molecule has 0 saturated carbocycles. The number of rotatable bonds is 1. The van der Waals surface area contributed by atoms with Crippen molar-refractivity contribution in [2.75, 3.05) is 0 Å². The van der Waals surface area contributed by atoms with Crippen molar-refractivity contribution in [3.8, 4) is 6.07 Å². The van der Waals surface area contributed by atoms with Crippen molar-refractivity contribution in [1.82, 2.24) is 4.98 Å². The number of pyridine rings is 1. The molecule has 4 nitrogen and oxygen atoms in total. The second-order valence-electron chi connectivity index (χ2n) is 1.96. The monoisotopic (exact) mass is 150 g/mol. The lowest BCUT2D eigenvalue weighted by molar-refractivity contribution is -0.0425. The summed E-state index contributed by atoms with van der Waals surface area (Å²) in [5.74, 6) is 0. The Kier molecular flexibility index (Phi) is 2.16. The highest BCUT2D eigenvalue weighted by atomic mass is 16.5.